The standard InChI is InChI=1S/C17H19NO3/c1-2-21-17(20)15-11-18(8-7-16(15)19)10-13-9-12-5-3-4-6-14(12)13/h3-6,9,15H,2,7-8,10-11H2,1H3. The van der Waals surface area contributed by atoms with E-state index in [0.29, 0.717) is 26.1 Å². The smallest absolute Gasteiger partial charge is 0.317 e. The summed E-state index contributed by atoms with van der Waals surface area (Å²) in [6, 6.07) is 8.28. The molecule has 1 aromatic carbocycles. The van der Waals surface area contributed by atoms with E-state index in [1.807, 2.05) is 12.1 Å². The van der Waals surface area contributed by atoms with Crippen LogP contribution in [0.3, 0.4) is 0 Å². The topological polar surface area (TPSA) is 46.6 Å². The maximum atomic E-state index is 11.9. The highest BCUT2D eigenvalue weighted by Crippen LogP contribution is 2.33. The minimum atomic E-state index is -0.616. The molecule has 0 spiro atoms. The molecule has 0 saturated carbocycles. The van der Waals surface area contributed by atoms with Gasteiger partial charge >= 0.3 is 5.97 Å². The number of ketones is 1. The van der Waals surface area contributed by atoms with E-state index in [1.54, 1.807) is 6.92 Å². The van der Waals surface area contributed by atoms with E-state index in [2.05, 4.69) is 23.1 Å². The van der Waals surface area contributed by atoms with Crippen molar-refractivity contribution in [2.45, 2.75) is 13.3 Å². The Kier molecular flexibility index (Phi) is 3.88. The molecule has 1 atom stereocenters. The van der Waals surface area contributed by atoms with Crippen LogP contribution < -0.4 is 0 Å². The fraction of sp³-hybridized carbons (Fsp3) is 0.412. The molecule has 0 aromatic heterocycles. The average Bonchev–Trinajstić information content (AvgIpc) is 2.46. The number of hydrogen-bond donors (Lipinski definition) is 0. The van der Waals surface area contributed by atoms with Crippen LogP contribution in [0.4, 0.5) is 0 Å². The van der Waals surface area contributed by atoms with E-state index in [0.717, 1.165) is 6.54 Å². The normalized spacial score (nSPS) is 21.3. The molecule has 1 aliphatic carbocycles. The SMILES string of the molecule is CCOC(=O)C1CN(CC2=Cc3ccccc32)CCC1=O. The number of fused-ring (bicyclic) bond motifs is 1. The lowest BCUT2D eigenvalue weighted by atomic mass is 9.87. The molecule has 1 saturated heterocycles. The summed E-state index contributed by atoms with van der Waals surface area (Å²) in [6.07, 6.45) is 2.60. The fourth-order valence-electron chi connectivity index (χ4n) is 2.96. The Bertz CT molecular complexity index is 606. The molecule has 0 amide bonds. The molecule has 1 aliphatic heterocycles. The number of carbonyl (C=O) groups excluding carboxylic acids is 2. The van der Waals surface area contributed by atoms with Gasteiger partial charge in [0.05, 0.1) is 6.61 Å². The maximum Gasteiger partial charge on any atom is 0.317 e. The molecule has 4 heteroatoms. The monoisotopic (exact) mass is 285 g/mol. The molecule has 21 heavy (non-hydrogen) atoms. The van der Waals surface area contributed by atoms with Crippen LogP contribution in [0, 0.1) is 5.92 Å². The summed E-state index contributed by atoms with van der Waals surface area (Å²) in [7, 11) is 0. The van der Waals surface area contributed by atoms with E-state index in [4.69, 9.17) is 4.74 Å². The van der Waals surface area contributed by atoms with Crippen LogP contribution in [0.15, 0.2) is 24.3 Å². The number of carbonyl (C=O) groups is 2. The van der Waals surface area contributed by atoms with Crippen molar-refractivity contribution in [3.63, 3.8) is 0 Å². The molecule has 1 aromatic rings. The van der Waals surface area contributed by atoms with Crippen molar-refractivity contribution in [1.29, 1.82) is 0 Å². The van der Waals surface area contributed by atoms with E-state index >= 15 is 0 Å². The van der Waals surface area contributed by atoms with Gasteiger partial charge in [-0.25, -0.2) is 0 Å². The third kappa shape index (κ3) is 2.76. The number of rotatable bonds is 4. The summed E-state index contributed by atoms with van der Waals surface area (Å²) in [6.45, 7) is 4.06. The lowest BCUT2D eigenvalue weighted by Crippen LogP contribution is -2.45. The van der Waals surface area contributed by atoms with Gasteiger partial charge in [-0.2, -0.15) is 0 Å². The second-order valence-electron chi connectivity index (χ2n) is 5.51. The molecule has 2 aliphatic rings. The first-order chi connectivity index (χ1) is 10.2. The van der Waals surface area contributed by atoms with Crippen LogP contribution in [0.25, 0.3) is 11.6 Å². The number of ether oxygens (including phenoxy) is 1. The number of Topliss-reactive ketones (excluding diaryl/α,β-unsaturated/α-hetero) is 1. The Morgan fingerprint density at radius 2 is 2.19 bits per heavy atom. The van der Waals surface area contributed by atoms with Crippen molar-refractivity contribution in [2.24, 2.45) is 5.92 Å². The molecular weight excluding hydrogens is 266 g/mol. The minimum absolute atomic E-state index is 0.00712. The fourth-order valence-corrected chi connectivity index (χ4v) is 2.96. The van der Waals surface area contributed by atoms with E-state index < -0.39 is 5.92 Å². The minimum Gasteiger partial charge on any atom is -0.465 e. The van der Waals surface area contributed by atoms with Crippen molar-refractivity contribution in [3.8, 4) is 0 Å². The summed E-state index contributed by atoms with van der Waals surface area (Å²) in [5.74, 6) is -0.988. The lowest BCUT2D eigenvalue weighted by Gasteiger charge is -2.33. The van der Waals surface area contributed by atoms with Crippen molar-refractivity contribution in [1.82, 2.24) is 4.90 Å². The summed E-state index contributed by atoms with van der Waals surface area (Å²) in [5.41, 5.74) is 3.83. The summed E-state index contributed by atoms with van der Waals surface area (Å²) in [5, 5.41) is 0. The number of likely N-dealkylation sites (tertiary alicyclic amines) is 1. The van der Waals surface area contributed by atoms with Gasteiger partial charge in [0.25, 0.3) is 0 Å². The van der Waals surface area contributed by atoms with Crippen molar-refractivity contribution >= 4 is 23.4 Å². The Balaban J connectivity index is 1.63. The molecule has 0 bridgehead atoms. The van der Waals surface area contributed by atoms with Gasteiger partial charge in [-0.15, -0.1) is 0 Å². The van der Waals surface area contributed by atoms with Gasteiger partial charge in [-0.3, -0.25) is 14.5 Å². The second-order valence-corrected chi connectivity index (χ2v) is 5.51. The van der Waals surface area contributed by atoms with E-state index in [9.17, 15) is 9.59 Å². The Morgan fingerprint density at radius 1 is 1.38 bits per heavy atom. The molecular formula is C17H19NO3. The molecule has 110 valence electrons. The number of benzene rings is 1. The van der Waals surface area contributed by atoms with Gasteiger partial charge < -0.3 is 4.74 Å². The zero-order chi connectivity index (χ0) is 14.8. The van der Waals surface area contributed by atoms with Gasteiger partial charge in [-0.1, -0.05) is 24.3 Å². The van der Waals surface area contributed by atoms with Crippen molar-refractivity contribution < 1.29 is 14.3 Å². The van der Waals surface area contributed by atoms with E-state index in [1.165, 1.54) is 16.7 Å². The van der Waals surface area contributed by atoms with Crippen LogP contribution in [-0.4, -0.2) is 42.9 Å². The zero-order valence-electron chi connectivity index (χ0n) is 12.2. The van der Waals surface area contributed by atoms with Crippen LogP contribution in [0.5, 0.6) is 0 Å². The van der Waals surface area contributed by atoms with Gasteiger partial charge in [-0.05, 0) is 29.7 Å². The first-order valence-corrected chi connectivity index (χ1v) is 7.40. The number of hydrogen-bond acceptors (Lipinski definition) is 4. The summed E-state index contributed by atoms with van der Waals surface area (Å²) < 4.78 is 5.00. The average molecular weight is 285 g/mol. The van der Waals surface area contributed by atoms with Crippen LogP contribution in [-0.2, 0) is 14.3 Å². The molecule has 1 fully saturated rings. The quantitative estimate of drug-likeness (QED) is 0.627. The van der Waals surface area contributed by atoms with Gasteiger partial charge in [0.2, 0.25) is 0 Å². The van der Waals surface area contributed by atoms with Crippen molar-refractivity contribution in [3.05, 3.63) is 35.4 Å². The van der Waals surface area contributed by atoms with E-state index in [-0.39, 0.29) is 11.8 Å². The predicted molar refractivity (Wildman–Crippen MR) is 80.5 cm³/mol. The van der Waals surface area contributed by atoms with Crippen LogP contribution >= 0.6 is 0 Å². The molecule has 4 nitrogen and oxygen atoms in total. The van der Waals surface area contributed by atoms with Crippen molar-refractivity contribution in [2.75, 3.05) is 26.2 Å². The Labute approximate surface area is 124 Å². The second kappa shape index (κ2) is 5.82. The third-order valence-electron chi connectivity index (χ3n) is 4.11. The van der Waals surface area contributed by atoms with Crippen LogP contribution in [0.1, 0.15) is 24.5 Å². The van der Waals surface area contributed by atoms with Gasteiger partial charge in [0.1, 0.15) is 11.7 Å². The maximum absolute atomic E-state index is 11.9. The van der Waals surface area contributed by atoms with Crippen LogP contribution in [0.2, 0.25) is 0 Å². The molecule has 0 N–H and O–H groups in total. The zero-order valence-corrected chi connectivity index (χ0v) is 12.2. The number of piperidine rings is 1. The Hall–Kier alpha value is -1.94. The van der Waals surface area contributed by atoms with Gasteiger partial charge in [0, 0.05) is 26.1 Å². The van der Waals surface area contributed by atoms with Gasteiger partial charge in [0.15, 0.2) is 0 Å². The molecule has 3 rings (SSSR count). The lowest BCUT2D eigenvalue weighted by molar-refractivity contribution is -0.153. The largest absolute Gasteiger partial charge is 0.465 e. The third-order valence-corrected chi connectivity index (χ3v) is 4.11. The Morgan fingerprint density at radius 3 is 2.95 bits per heavy atom. The molecule has 0 radical (unpaired) electrons. The predicted octanol–water partition coefficient (Wildman–Crippen LogP) is 1.99. The highest BCUT2D eigenvalue weighted by Gasteiger charge is 2.34. The molecule has 1 heterocycles. The summed E-state index contributed by atoms with van der Waals surface area (Å²) in [4.78, 5) is 25.9. The first kappa shape index (κ1) is 14.0. The number of esters is 1. The first-order valence-electron chi connectivity index (χ1n) is 7.40. The highest BCUT2D eigenvalue weighted by atomic mass is 16.5. The highest BCUT2D eigenvalue weighted by molar-refractivity contribution is 6.00. The summed E-state index contributed by atoms with van der Waals surface area (Å²) >= 11 is 0. The molecule has 1 unspecified atom stereocenters. The number of nitrogens with zero attached hydrogens (tertiary/aromatic N) is 1.